The number of fused-ring (bicyclic) bond motifs is 1. The third kappa shape index (κ3) is 3.56. The van der Waals surface area contributed by atoms with Crippen molar-refractivity contribution in [1.29, 1.82) is 0 Å². The summed E-state index contributed by atoms with van der Waals surface area (Å²) in [7, 11) is 0. The number of hydrogen-bond acceptors (Lipinski definition) is 4. The maximum Gasteiger partial charge on any atom is 0.327 e. The van der Waals surface area contributed by atoms with Crippen molar-refractivity contribution in [2.45, 2.75) is 44.8 Å². The molecule has 1 fully saturated rings. The molecule has 1 aliphatic rings. The standard InChI is InChI=1S/C20H23ClFN5O/c1-13(2)14-5-3-4-6-15(14)17-23-11-16-18(25-17)27(19(28)24-16)12-20(22)7-9-26(21)10-8-20/h3-6,11,13H,7-10,12H2,1-2H3,(H,24,28). The molecular formula is C20H23ClFN5O. The first kappa shape index (κ1) is 19.1. The molecule has 6 nitrogen and oxygen atoms in total. The van der Waals surface area contributed by atoms with Gasteiger partial charge in [-0.2, -0.15) is 0 Å². The smallest absolute Gasteiger partial charge is 0.303 e. The van der Waals surface area contributed by atoms with Crippen LogP contribution in [0.1, 0.15) is 38.2 Å². The first-order chi connectivity index (χ1) is 13.4. The van der Waals surface area contributed by atoms with Crippen molar-refractivity contribution >= 4 is 22.9 Å². The second kappa shape index (κ2) is 7.29. The summed E-state index contributed by atoms with van der Waals surface area (Å²) < 4.78 is 18.3. The van der Waals surface area contributed by atoms with Gasteiger partial charge in [0.05, 0.1) is 12.7 Å². The number of aromatic amines is 1. The van der Waals surface area contributed by atoms with E-state index in [1.807, 2.05) is 24.3 Å². The van der Waals surface area contributed by atoms with Gasteiger partial charge >= 0.3 is 5.69 Å². The van der Waals surface area contributed by atoms with Crippen molar-refractivity contribution in [1.82, 2.24) is 23.9 Å². The average molecular weight is 404 g/mol. The van der Waals surface area contributed by atoms with E-state index in [0.717, 1.165) is 11.1 Å². The predicted molar refractivity (Wildman–Crippen MR) is 108 cm³/mol. The molecule has 0 unspecified atom stereocenters. The number of aromatic nitrogens is 4. The first-order valence-corrected chi connectivity index (χ1v) is 9.85. The SMILES string of the molecule is CC(C)c1ccccc1-c1ncc2[nH]c(=O)n(CC3(F)CCN(Cl)CC3)c2n1. The van der Waals surface area contributed by atoms with E-state index in [1.165, 1.54) is 4.57 Å². The van der Waals surface area contributed by atoms with Crippen LogP contribution in [0, 0.1) is 0 Å². The fourth-order valence-corrected chi connectivity index (χ4v) is 3.92. The lowest BCUT2D eigenvalue weighted by atomic mass is 9.94. The number of alkyl halides is 1. The number of nitrogens with one attached hydrogen (secondary N) is 1. The summed E-state index contributed by atoms with van der Waals surface area (Å²) >= 11 is 5.95. The van der Waals surface area contributed by atoms with Gasteiger partial charge in [0.1, 0.15) is 11.2 Å². The van der Waals surface area contributed by atoms with Crippen LogP contribution in [0.4, 0.5) is 4.39 Å². The fourth-order valence-electron chi connectivity index (χ4n) is 3.75. The summed E-state index contributed by atoms with van der Waals surface area (Å²) in [6, 6.07) is 7.95. The van der Waals surface area contributed by atoms with Crippen molar-refractivity contribution in [3.63, 3.8) is 0 Å². The molecule has 1 aromatic carbocycles. The molecule has 148 valence electrons. The summed E-state index contributed by atoms with van der Waals surface area (Å²) in [6.07, 6.45) is 2.16. The molecule has 0 radical (unpaired) electrons. The molecule has 0 bridgehead atoms. The lowest BCUT2D eigenvalue weighted by Gasteiger charge is -2.32. The Bertz CT molecular complexity index is 1050. The molecule has 2 aromatic heterocycles. The summed E-state index contributed by atoms with van der Waals surface area (Å²) in [5, 5.41) is 0. The highest BCUT2D eigenvalue weighted by Gasteiger charge is 2.35. The van der Waals surface area contributed by atoms with E-state index in [0.29, 0.717) is 36.0 Å². The molecule has 28 heavy (non-hydrogen) atoms. The van der Waals surface area contributed by atoms with E-state index in [-0.39, 0.29) is 25.1 Å². The van der Waals surface area contributed by atoms with Crippen LogP contribution in [0.25, 0.3) is 22.6 Å². The molecule has 4 rings (SSSR count). The van der Waals surface area contributed by atoms with Gasteiger partial charge in [0.15, 0.2) is 11.5 Å². The van der Waals surface area contributed by atoms with E-state index in [4.69, 9.17) is 11.8 Å². The molecule has 3 heterocycles. The van der Waals surface area contributed by atoms with Gasteiger partial charge in [-0.1, -0.05) is 38.1 Å². The van der Waals surface area contributed by atoms with Crippen molar-refractivity contribution in [3.8, 4) is 11.4 Å². The molecule has 0 saturated carbocycles. The van der Waals surface area contributed by atoms with Crippen LogP contribution >= 0.6 is 11.8 Å². The molecule has 1 aliphatic heterocycles. The molecule has 3 aromatic rings. The summed E-state index contributed by atoms with van der Waals surface area (Å²) in [4.78, 5) is 24.3. The lowest BCUT2D eigenvalue weighted by Crippen LogP contribution is -2.42. The van der Waals surface area contributed by atoms with E-state index < -0.39 is 5.67 Å². The maximum absolute atomic E-state index is 15.3. The molecule has 0 spiro atoms. The number of nitrogens with zero attached hydrogens (tertiary/aromatic N) is 4. The predicted octanol–water partition coefficient (Wildman–Crippen LogP) is 3.87. The topological polar surface area (TPSA) is 66.8 Å². The Hall–Kier alpha value is -2.25. The Morgan fingerprint density at radius 2 is 2.00 bits per heavy atom. The van der Waals surface area contributed by atoms with Crippen LogP contribution in [0.15, 0.2) is 35.3 Å². The van der Waals surface area contributed by atoms with Crippen molar-refractivity contribution in [2.75, 3.05) is 13.1 Å². The number of H-pyrrole nitrogens is 1. The van der Waals surface area contributed by atoms with Crippen molar-refractivity contribution in [3.05, 3.63) is 46.5 Å². The molecule has 0 aliphatic carbocycles. The molecular weight excluding hydrogens is 381 g/mol. The van der Waals surface area contributed by atoms with E-state index in [9.17, 15) is 4.79 Å². The Morgan fingerprint density at radius 3 is 2.71 bits per heavy atom. The average Bonchev–Trinajstić information content (AvgIpc) is 2.99. The van der Waals surface area contributed by atoms with Crippen LogP contribution in [-0.2, 0) is 6.54 Å². The van der Waals surface area contributed by atoms with Crippen molar-refractivity contribution < 1.29 is 4.39 Å². The molecule has 0 amide bonds. The molecule has 0 atom stereocenters. The summed E-state index contributed by atoms with van der Waals surface area (Å²) in [5.74, 6) is 0.840. The minimum Gasteiger partial charge on any atom is -0.303 e. The number of benzene rings is 1. The summed E-state index contributed by atoms with van der Waals surface area (Å²) in [6.45, 7) is 5.09. The summed E-state index contributed by atoms with van der Waals surface area (Å²) in [5.41, 5.74) is 1.13. The van der Waals surface area contributed by atoms with Crippen LogP contribution in [-0.4, -0.2) is 42.7 Å². The van der Waals surface area contributed by atoms with Gasteiger partial charge in [-0.15, -0.1) is 0 Å². The highest BCUT2D eigenvalue weighted by atomic mass is 35.5. The molecule has 1 saturated heterocycles. The highest BCUT2D eigenvalue weighted by Crippen LogP contribution is 2.30. The Kier molecular flexibility index (Phi) is 4.97. The van der Waals surface area contributed by atoms with Crippen LogP contribution in [0.3, 0.4) is 0 Å². The quantitative estimate of drug-likeness (QED) is 0.671. The van der Waals surface area contributed by atoms with Gasteiger partial charge in [0.2, 0.25) is 0 Å². The van der Waals surface area contributed by atoms with Gasteiger partial charge in [-0.25, -0.2) is 23.6 Å². The number of imidazole rings is 1. The van der Waals surface area contributed by atoms with Crippen LogP contribution < -0.4 is 5.69 Å². The zero-order valence-corrected chi connectivity index (χ0v) is 16.7. The molecule has 1 N–H and O–H groups in total. The van der Waals surface area contributed by atoms with Crippen LogP contribution in [0.2, 0.25) is 0 Å². The lowest BCUT2D eigenvalue weighted by molar-refractivity contribution is 0.0708. The zero-order chi connectivity index (χ0) is 19.9. The highest BCUT2D eigenvalue weighted by molar-refractivity contribution is 6.13. The number of piperidine rings is 1. The fraction of sp³-hybridized carbons (Fsp3) is 0.450. The first-order valence-electron chi connectivity index (χ1n) is 9.51. The Labute approximate surface area is 167 Å². The normalized spacial score (nSPS) is 17.5. The van der Waals surface area contributed by atoms with E-state index in [2.05, 4.69) is 28.8 Å². The molecule has 8 heteroatoms. The second-order valence-electron chi connectivity index (χ2n) is 7.75. The number of halogens is 2. The van der Waals surface area contributed by atoms with E-state index in [1.54, 1.807) is 10.6 Å². The third-order valence-corrected chi connectivity index (χ3v) is 5.72. The Balaban J connectivity index is 1.76. The monoisotopic (exact) mass is 403 g/mol. The second-order valence-corrected chi connectivity index (χ2v) is 8.23. The largest absolute Gasteiger partial charge is 0.327 e. The number of rotatable bonds is 4. The van der Waals surface area contributed by atoms with E-state index >= 15 is 4.39 Å². The minimum absolute atomic E-state index is 0.0428. The number of hydrogen-bond donors (Lipinski definition) is 1. The van der Waals surface area contributed by atoms with Crippen molar-refractivity contribution in [2.24, 2.45) is 0 Å². The van der Waals surface area contributed by atoms with Gasteiger partial charge < -0.3 is 4.98 Å². The van der Waals surface area contributed by atoms with Gasteiger partial charge in [0, 0.05) is 18.7 Å². The zero-order valence-electron chi connectivity index (χ0n) is 16.0. The maximum atomic E-state index is 15.3. The van der Waals surface area contributed by atoms with Gasteiger partial charge in [-0.3, -0.25) is 4.57 Å². The van der Waals surface area contributed by atoms with Gasteiger partial charge in [-0.05, 0) is 36.1 Å². The minimum atomic E-state index is -1.48. The van der Waals surface area contributed by atoms with Gasteiger partial charge in [0.25, 0.3) is 0 Å². The Morgan fingerprint density at radius 1 is 1.29 bits per heavy atom. The third-order valence-electron chi connectivity index (χ3n) is 5.38. The van der Waals surface area contributed by atoms with Crippen LogP contribution in [0.5, 0.6) is 0 Å².